The van der Waals surface area contributed by atoms with Gasteiger partial charge in [-0.15, -0.1) is 0 Å². The van der Waals surface area contributed by atoms with E-state index in [0.717, 1.165) is 26.1 Å². The highest BCUT2D eigenvalue weighted by molar-refractivity contribution is 6.74. The molecule has 0 saturated carbocycles. The summed E-state index contributed by atoms with van der Waals surface area (Å²) in [5.74, 6) is 0. The molecule has 17 heavy (non-hydrogen) atoms. The fraction of sp³-hybridized carbons (Fsp3) is 1.00. The minimum Gasteiger partial charge on any atom is -0.412 e. The molecule has 0 amide bonds. The van der Waals surface area contributed by atoms with Crippen LogP contribution < -0.4 is 0 Å². The molecule has 3 heteroatoms. The van der Waals surface area contributed by atoms with Crippen molar-refractivity contribution in [2.45, 2.75) is 78.1 Å². The molecule has 0 fully saturated rings. The predicted octanol–water partition coefficient (Wildman–Crippen LogP) is 4.60. The molecule has 0 aliphatic heterocycles. The zero-order valence-corrected chi connectivity index (χ0v) is 13.9. The lowest BCUT2D eigenvalue weighted by atomic mass is 10.2. The highest BCUT2D eigenvalue weighted by Crippen LogP contribution is 2.37. The molecule has 0 N–H and O–H groups in total. The van der Waals surface area contributed by atoms with E-state index < -0.39 is 8.32 Å². The van der Waals surface area contributed by atoms with Gasteiger partial charge in [0.1, 0.15) is 0 Å². The molecule has 0 rings (SSSR count). The molecule has 0 aliphatic rings. The first-order valence-electron chi connectivity index (χ1n) is 7.00. The average Bonchev–Trinajstić information content (AvgIpc) is 2.20. The van der Waals surface area contributed by atoms with Crippen LogP contribution in [0.15, 0.2) is 0 Å². The third-order valence-electron chi connectivity index (χ3n) is 3.67. The van der Waals surface area contributed by atoms with Crippen molar-refractivity contribution < 1.29 is 9.16 Å². The van der Waals surface area contributed by atoms with Crippen LogP contribution in [0, 0.1) is 0 Å². The molecule has 2 nitrogen and oxygen atoms in total. The fourth-order valence-corrected chi connectivity index (χ4v) is 2.71. The van der Waals surface area contributed by atoms with Crippen LogP contribution >= 0.6 is 0 Å². The molecule has 0 spiro atoms. The number of unbranched alkanes of at least 4 members (excludes halogenated alkanes) is 1. The first kappa shape index (κ1) is 17.1. The van der Waals surface area contributed by atoms with Gasteiger partial charge in [-0.1, -0.05) is 41.0 Å². The highest BCUT2D eigenvalue weighted by Gasteiger charge is 2.38. The van der Waals surface area contributed by atoms with E-state index in [1.807, 2.05) is 0 Å². The Morgan fingerprint density at radius 3 is 2.12 bits per heavy atom. The van der Waals surface area contributed by atoms with E-state index in [1.165, 1.54) is 6.42 Å². The molecule has 0 heterocycles. The maximum absolute atomic E-state index is 6.35. The van der Waals surface area contributed by atoms with Gasteiger partial charge in [-0.25, -0.2) is 0 Å². The van der Waals surface area contributed by atoms with E-state index >= 15 is 0 Å². The van der Waals surface area contributed by atoms with Gasteiger partial charge in [-0.3, -0.25) is 0 Å². The summed E-state index contributed by atoms with van der Waals surface area (Å²) in [5, 5.41) is 0.282. The maximum Gasteiger partial charge on any atom is 0.192 e. The molecule has 0 radical (unpaired) electrons. The molecular formula is C14H32O2Si. The van der Waals surface area contributed by atoms with Gasteiger partial charge in [-0.2, -0.15) is 0 Å². The van der Waals surface area contributed by atoms with Crippen molar-refractivity contribution in [3.8, 4) is 0 Å². The lowest BCUT2D eigenvalue weighted by Crippen LogP contribution is -2.44. The van der Waals surface area contributed by atoms with Crippen LogP contribution in [0.1, 0.15) is 53.9 Å². The second-order valence-electron chi connectivity index (χ2n) is 6.34. The lowest BCUT2D eigenvalue weighted by Gasteiger charge is -2.39. The average molecular weight is 260 g/mol. The summed E-state index contributed by atoms with van der Waals surface area (Å²) in [5.41, 5.74) is 0. The van der Waals surface area contributed by atoms with E-state index in [1.54, 1.807) is 0 Å². The Balaban J connectivity index is 4.12. The summed E-state index contributed by atoms with van der Waals surface area (Å²) >= 11 is 0. The van der Waals surface area contributed by atoms with E-state index in [0.29, 0.717) is 0 Å². The first-order valence-corrected chi connectivity index (χ1v) is 9.91. The van der Waals surface area contributed by atoms with Gasteiger partial charge in [0, 0.05) is 6.61 Å². The number of ether oxygens (including phenoxy) is 1. The summed E-state index contributed by atoms with van der Waals surface area (Å²) in [6.07, 6.45) is 3.66. The summed E-state index contributed by atoms with van der Waals surface area (Å²) in [4.78, 5) is 0. The summed E-state index contributed by atoms with van der Waals surface area (Å²) in [7, 11) is -1.64. The Kier molecular flexibility index (Phi) is 7.61. The normalized spacial score (nSPS) is 15.0. The van der Waals surface area contributed by atoms with Crippen LogP contribution in [0.4, 0.5) is 0 Å². The van der Waals surface area contributed by atoms with Crippen molar-refractivity contribution in [3.05, 3.63) is 0 Å². The minimum absolute atomic E-state index is 0.271. The molecule has 0 unspecified atom stereocenters. The topological polar surface area (TPSA) is 18.5 Å². The predicted molar refractivity (Wildman–Crippen MR) is 78.1 cm³/mol. The van der Waals surface area contributed by atoms with E-state index in [2.05, 4.69) is 47.7 Å². The van der Waals surface area contributed by atoms with Gasteiger partial charge in [0.25, 0.3) is 0 Å². The van der Waals surface area contributed by atoms with Crippen molar-refractivity contribution in [2.75, 3.05) is 13.2 Å². The second-order valence-corrected chi connectivity index (χ2v) is 11.1. The van der Waals surface area contributed by atoms with E-state index in [4.69, 9.17) is 9.16 Å². The lowest BCUT2D eigenvalue weighted by molar-refractivity contribution is 0.0400. The molecule has 0 saturated heterocycles. The van der Waals surface area contributed by atoms with Gasteiger partial charge < -0.3 is 9.16 Å². The third kappa shape index (κ3) is 6.58. The summed E-state index contributed by atoms with van der Waals surface area (Å²) in [6, 6.07) is 0. The van der Waals surface area contributed by atoms with Gasteiger partial charge >= 0.3 is 0 Å². The Labute approximate surface area is 109 Å². The van der Waals surface area contributed by atoms with Crippen LogP contribution in [0.3, 0.4) is 0 Å². The van der Waals surface area contributed by atoms with Gasteiger partial charge in [-0.05, 0) is 31.0 Å². The van der Waals surface area contributed by atoms with Crippen molar-refractivity contribution in [3.63, 3.8) is 0 Å². The molecule has 0 aromatic rings. The van der Waals surface area contributed by atoms with E-state index in [-0.39, 0.29) is 11.1 Å². The third-order valence-corrected chi connectivity index (χ3v) is 8.20. The van der Waals surface area contributed by atoms with Crippen molar-refractivity contribution in [1.82, 2.24) is 0 Å². The number of hydrogen-bond donors (Lipinski definition) is 0. The summed E-state index contributed by atoms with van der Waals surface area (Å²) in [6.45, 7) is 17.5. The molecule has 0 aliphatic carbocycles. The Hall–Kier alpha value is 0.137. The van der Waals surface area contributed by atoms with Gasteiger partial charge in [0.2, 0.25) is 0 Å². The zero-order chi connectivity index (χ0) is 13.5. The van der Waals surface area contributed by atoms with Crippen molar-refractivity contribution in [2.24, 2.45) is 0 Å². The molecule has 104 valence electrons. The molecule has 0 aromatic carbocycles. The van der Waals surface area contributed by atoms with Gasteiger partial charge in [0.15, 0.2) is 8.32 Å². The molecule has 1 atom stereocenters. The molecule has 0 aromatic heterocycles. The Morgan fingerprint density at radius 2 is 1.71 bits per heavy atom. The van der Waals surface area contributed by atoms with Crippen LogP contribution in [0.25, 0.3) is 0 Å². The second kappa shape index (κ2) is 7.55. The van der Waals surface area contributed by atoms with Crippen molar-refractivity contribution in [1.29, 1.82) is 0 Å². The Morgan fingerprint density at radius 1 is 1.12 bits per heavy atom. The number of hydrogen-bond acceptors (Lipinski definition) is 2. The molecule has 0 bridgehead atoms. The van der Waals surface area contributed by atoms with Crippen LogP contribution in [-0.4, -0.2) is 27.6 Å². The smallest absolute Gasteiger partial charge is 0.192 e. The zero-order valence-electron chi connectivity index (χ0n) is 12.9. The SMILES string of the molecule is CCCCOC[C@H](CC)O[Si](C)(C)C(C)(C)C. The monoisotopic (exact) mass is 260 g/mol. The largest absolute Gasteiger partial charge is 0.412 e. The maximum atomic E-state index is 6.35. The van der Waals surface area contributed by atoms with Crippen molar-refractivity contribution >= 4 is 8.32 Å². The quantitative estimate of drug-likeness (QED) is 0.469. The van der Waals surface area contributed by atoms with Crippen LogP contribution in [0.5, 0.6) is 0 Å². The molecular weight excluding hydrogens is 228 g/mol. The van der Waals surface area contributed by atoms with Crippen LogP contribution in [-0.2, 0) is 9.16 Å². The van der Waals surface area contributed by atoms with E-state index in [9.17, 15) is 0 Å². The number of rotatable bonds is 8. The fourth-order valence-electron chi connectivity index (χ4n) is 1.29. The Bertz CT molecular complexity index is 197. The minimum atomic E-state index is -1.64. The van der Waals surface area contributed by atoms with Gasteiger partial charge in [0.05, 0.1) is 12.7 Å². The first-order chi connectivity index (χ1) is 7.74. The standard InChI is InChI=1S/C14H32O2Si/c1-8-10-11-15-12-13(9-2)16-17(6,7)14(3,4)5/h13H,8-12H2,1-7H3/t13-/m0/s1. The van der Waals surface area contributed by atoms with Crippen LogP contribution in [0.2, 0.25) is 18.1 Å². The summed E-state index contributed by atoms with van der Waals surface area (Å²) < 4.78 is 12.0. The highest BCUT2D eigenvalue weighted by atomic mass is 28.4.